The molecule has 0 aliphatic heterocycles. The van der Waals surface area contributed by atoms with Crippen LogP contribution in [-0.2, 0) is 20.0 Å². The van der Waals surface area contributed by atoms with Gasteiger partial charge in [-0.1, -0.05) is 0 Å². The van der Waals surface area contributed by atoms with Crippen LogP contribution in [0.3, 0.4) is 0 Å². The Kier molecular flexibility index (Phi) is 5.15. The summed E-state index contributed by atoms with van der Waals surface area (Å²) >= 11 is 0. The van der Waals surface area contributed by atoms with E-state index in [1.807, 2.05) is 0 Å². The molecule has 0 radical (unpaired) electrons. The number of aromatic nitrogens is 1. The molecule has 1 aromatic rings. The van der Waals surface area contributed by atoms with Gasteiger partial charge in [0.25, 0.3) is 0 Å². The Morgan fingerprint density at radius 1 is 1.38 bits per heavy atom. The van der Waals surface area contributed by atoms with Gasteiger partial charge in [-0.05, 0) is 19.9 Å². The average molecular weight is 339 g/mol. The molecule has 0 saturated carbocycles. The molecule has 0 aromatic carbocycles. The fourth-order valence-electron chi connectivity index (χ4n) is 1.60. The van der Waals surface area contributed by atoms with Crippen LogP contribution in [0.1, 0.15) is 30.4 Å². The van der Waals surface area contributed by atoms with E-state index in [-0.39, 0.29) is 16.6 Å². The van der Waals surface area contributed by atoms with Crippen molar-refractivity contribution in [3.05, 3.63) is 18.0 Å². The summed E-state index contributed by atoms with van der Waals surface area (Å²) in [4.78, 5) is 10.8. The minimum Gasteiger partial charge on any atom is -0.477 e. The minimum absolute atomic E-state index is 0.170. The molecule has 4 N–H and O–H groups in total. The number of rotatable bonds is 7. The molecule has 0 bridgehead atoms. The van der Waals surface area contributed by atoms with E-state index in [4.69, 9.17) is 10.2 Å². The van der Waals surface area contributed by atoms with E-state index in [1.54, 1.807) is 13.8 Å². The molecule has 0 saturated heterocycles. The summed E-state index contributed by atoms with van der Waals surface area (Å²) in [5, 5.41) is 13.8. The second-order valence-corrected chi connectivity index (χ2v) is 8.13. The van der Waals surface area contributed by atoms with E-state index in [1.165, 1.54) is 10.8 Å². The van der Waals surface area contributed by atoms with Crippen LogP contribution in [0, 0.1) is 0 Å². The molecular weight excluding hydrogens is 322 g/mol. The van der Waals surface area contributed by atoms with Crippen molar-refractivity contribution in [3.63, 3.8) is 0 Å². The van der Waals surface area contributed by atoms with E-state index in [0.29, 0.717) is 0 Å². The Hall–Kier alpha value is -1.43. The molecule has 0 fully saturated rings. The van der Waals surface area contributed by atoms with E-state index in [9.17, 15) is 21.6 Å². The molecule has 0 aliphatic rings. The van der Waals surface area contributed by atoms with Crippen molar-refractivity contribution in [2.24, 2.45) is 5.14 Å². The standard InChI is InChI=1S/C10H17N3O6S2/c1-7(2)13-6-8(5-9(13)10(14)15)21(18,19)12-3-4-20(11,16)17/h5-7,12H,3-4H2,1-2H3,(H,14,15)(H2,11,16,17). The van der Waals surface area contributed by atoms with Gasteiger partial charge in [0.1, 0.15) is 10.6 Å². The second-order valence-electron chi connectivity index (χ2n) is 4.63. The molecule has 0 spiro atoms. The third kappa shape index (κ3) is 4.81. The number of sulfonamides is 2. The van der Waals surface area contributed by atoms with Crippen molar-refractivity contribution in [1.82, 2.24) is 9.29 Å². The first-order chi connectivity index (χ1) is 9.44. The fraction of sp³-hybridized carbons (Fsp3) is 0.500. The van der Waals surface area contributed by atoms with Crippen LogP contribution in [0.15, 0.2) is 17.2 Å². The van der Waals surface area contributed by atoms with Gasteiger partial charge < -0.3 is 9.67 Å². The molecule has 0 atom stereocenters. The molecule has 9 nitrogen and oxygen atoms in total. The molecule has 0 unspecified atom stereocenters. The quantitative estimate of drug-likeness (QED) is 0.600. The zero-order valence-corrected chi connectivity index (χ0v) is 13.1. The Labute approximate surface area is 122 Å². The van der Waals surface area contributed by atoms with Crippen LogP contribution in [-0.4, -0.2) is 44.8 Å². The van der Waals surface area contributed by atoms with Crippen molar-refractivity contribution >= 4 is 26.0 Å². The highest BCUT2D eigenvalue weighted by Crippen LogP contribution is 2.18. The predicted octanol–water partition coefficient (Wildman–Crippen LogP) is -0.666. The predicted molar refractivity (Wildman–Crippen MR) is 74.9 cm³/mol. The number of primary sulfonamides is 1. The van der Waals surface area contributed by atoms with Crippen molar-refractivity contribution in [3.8, 4) is 0 Å². The number of hydrogen-bond donors (Lipinski definition) is 3. The molecule has 120 valence electrons. The highest BCUT2D eigenvalue weighted by molar-refractivity contribution is 7.90. The lowest BCUT2D eigenvalue weighted by molar-refractivity contribution is 0.0683. The molecular formula is C10H17N3O6S2. The van der Waals surface area contributed by atoms with Crippen LogP contribution in [0.2, 0.25) is 0 Å². The monoisotopic (exact) mass is 339 g/mol. The van der Waals surface area contributed by atoms with E-state index in [0.717, 1.165) is 6.07 Å². The SMILES string of the molecule is CC(C)n1cc(S(=O)(=O)NCCS(N)(=O)=O)cc1C(=O)O. The van der Waals surface area contributed by atoms with Crippen LogP contribution in [0.5, 0.6) is 0 Å². The summed E-state index contributed by atoms with van der Waals surface area (Å²) in [6, 6.07) is 0.770. The zero-order valence-electron chi connectivity index (χ0n) is 11.5. The molecule has 1 aromatic heterocycles. The van der Waals surface area contributed by atoms with E-state index in [2.05, 4.69) is 4.72 Å². The van der Waals surface area contributed by atoms with Gasteiger partial charge in [0.15, 0.2) is 0 Å². The molecule has 21 heavy (non-hydrogen) atoms. The van der Waals surface area contributed by atoms with Gasteiger partial charge in [-0.2, -0.15) is 0 Å². The van der Waals surface area contributed by atoms with E-state index >= 15 is 0 Å². The number of nitrogens with one attached hydrogen (secondary N) is 1. The molecule has 0 aliphatic carbocycles. The first-order valence-corrected chi connectivity index (χ1v) is 9.09. The molecule has 0 amide bonds. The first-order valence-electron chi connectivity index (χ1n) is 5.89. The second kappa shape index (κ2) is 6.13. The zero-order chi connectivity index (χ0) is 16.4. The minimum atomic E-state index is -4.01. The van der Waals surface area contributed by atoms with Gasteiger partial charge in [-0.3, -0.25) is 0 Å². The van der Waals surface area contributed by atoms with Crippen LogP contribution in [0.25, 0.3) is 0 Å². The lowest BCUT2D eigenvalue weighted by Gasteiger charge is -2.09. The number of carboxylic acids is 1. The van der Waals surface area contributed by atoms with Crippen molar-refractivity contribution in [2.45, 2.75) is 24.8 Å². The summed E-state index contributed by atoms with van der Waals surface area (Å²) in [6.45, 7) is 3.02. The Bertz CT molecular complexity index is 733. The summed E-state index contributed by atoms with van der Waals surface area (Å²) in [5.74, 6) is -1.81. The fourth-order valence-corrected chi connectivity index (χ4v) is 3.17. The maximum Gasteiger partial charge on any atom is 0.352 e. The van der Waals surface area contributed by atoms with Crippen molar-refractivity contribution in [2.75, 3.05) is 12.3 Å². The smallest absolute Gasteiger partial charge is 0.352 e. The van der Waals surface area contributed by atoms with Gasteiger partial charge in [-0.25, -0.2) is 31.5 Å². The number of hydrogen-bond acceptors (Lipinski definition) is 5. The first kappa shape index (κ1) is 17.6. The highest BCUT2D eigenvalue weighted by atomic mass is 32.2. The van der Waals surface area contributed by atoms with Gasteiger partial charge in [0.05, 0.1) is 5.75 Å². The number of nitrogens with zero attached hydrogens (tertiary/aromatic N) is 1. The lowest BCUT2D eigenvalue weighted by Crippen LogP contribution is -2.31. The lowest BCUT2D eigenvalue weighted by atomic mass is 10.3. The van der Waals surface area contributed by atoms with Crippen LogP contribution in [0.4, 0.5) is 0 Å². The number of carboxylic acid groups (broad SMARTS) is 1. The third-order valence-electron chi connectivity index (χ3n) is 2.59. The Balaban J connectivity index is 3.04. The van der Waals surface area contributed by atoms with E-state index < -0.39 is 38.3 Å². The van der Waals surface area contributed by atoms with Crippen molar-refractivity contribution in [1.29, 1.82) is 0 Å². The Morgan fingerprint density at radius 2 is 1.95 bits per heavy atom. The molecule has 11 heteroatoms. The highest BCUT2D eigenvalue weighted by Gasteiger charge is 2.22. The van der Waals surface area contributed by atoms with Gasteiger partial charge in [0, 0.05) is 18.8 Å². The third-order valence-corrected chi connectivity index (χ3v) is 4.79. The largest absolute Gasteiger partial charge is 0.477 e. The van der Waals surface area contributed by atoms with Crippen LogP contribution < -0.4 is 9.86 Å². The van der Waals surface area contributed by atoms with Crippen LogP contribution >= 0.6 is 0 Å². The average Bonchev–Trinajstić information content (AvgIpc) is 2.71. The normalized spacial score (nSPS) is 12.8. The summed E-state index contributed by atoms with van der Waals surface area (Å²) in [6.07, 6.45) is 1.19. The maximum atomic E-state index is 12.0. The van der Waals surface area contributed by atoms with Gasteiger partial charge in [0.2, 0.25) is 20.0 Å². The molecule has 1 rings (SSSR count). The maximum absolute atomic E-state index is 12.0. The molecule has 1 heterocycles. The number of nitrogens with two attached hydrogens (primary N) is 1. The summed E-state index contributed by atoms with van der Waals surface area (Å²) < 4.78 is 48.8. The number of carbonyl (C=O) groups is 1. The Morgan fingerprint density at radius 3 is 2.33 bits per heavy atom. The number of aromatic carboxylic acids is 1. The topological polar surface area (TPSA) is 149 Å². The van der Waals surface area contributed by atoms with Gasteiger partial charge in [-0.15, -0.1) is 0 Å². The summed E-state index contributed by atoms with van der Waals surface area (Å²) in [5.41, 5.74) is -0.170. The van der Waals surface area contributed by atoms with Crippen molar-refractivity contribution < 1.29 is 26.7 Å². The van der Waals surface area contributed by atoms with Gasteiger partial charge >= 0.3 is 5.97 Å². The summed E-state index contributed by atoms with van der Waals surface area (Å²) in [7, 11) is -7.79.